The average Bonchev–Trinajstić information content (AvgIpc) is 2.91. The standard InChI is InChI=1S/C19H17NO4/c1-13(21)20-11-19(24-14(2)22)17-10-16(8-9-18(17)20)23-12-15-6-4-3-5-7-15/h3-11H,12H2,1-2H3. The van der Waals surface area contributed by atoms with E-state index < -0.39 is 5.97 Å². The third kappa shape index (κ3) is 3.30. The van der Waals surface area contributed by atoms with Gasteiger partial charge in [0.1, 0.15) is 12.4 Å². The van der Waals surface area contributed by atoms with Gasteiger partial charge in [0.15, 0.2) is 5.75 Å². The van der Waals surface area contributed by atoms with Crippen LogP contribution >= 0.6 is 0 Å². The van der Waals surface area contributed by atoms with Crippen LogP contribution < -0.4 is 9.47 Å². The number of carbonyl (C=O) groups is 2. The molecule has 0 bridgehead atoms. The molecule has 1 aromatic heterocycles. The van der Waals surface area contributed by atoms with Gasteiger partial charge in [-0.15, -0.1) is 0 Å². The molecule has 3 rings (SSSR count). The lowest BCUT2D eigenvalue weighted by molar-refractivity contribution is -0.131. The lowest BCUT2D eigenvalue weighted by Crippen LogP contribution is -2.03. The van der Waals surface area contributed by atoms with Crippen molar-refractivity contribution in [2.75, 3.05) is 0 Å². The second kappa shape index (κ2) is 6.58. The van der Waals surface area contributed by atoms with E-state index >= 15 is 0 Å². The number of carbonyl (C=O) groups excluding carboxylic acids is 2. The van der Waals surface area contributed by atoms with Crippen LogP contribution in [0.5, 0.6) is 11.5 Å². The van der Waals surface area contributed by atoms with Crippen molar-refractivity contribution in [1.29, 1.82) is 0 Å². The number of ether oxygens (including phenoxy) is 2. The van der Waals surface area contributed by atoms with Gasteiger partial charge < -0.3 is 9.47 Å². The molecule has 0 spiro atoms. The Hall–Kier alpha value is -3.08. The van der Waals surface area contributed by atoms with Crippen LogP contribution in [0.4, 0.5) is 0 Å². The molecule has 0 aliphatic rings. The molecule has 0 radical (unpaired) electrons. The van der Waals surface area contributed by atoms with E-state index in [1.54, 1.807) is 18.2 Å². The van der Waals surface area contributed by atoms with Gasteiger partial charge in [0.25, 0.3) is 0 Å². The molecule has 0 amide bonds. The first-order valence-electron chi connectivity index (χ1n) is 7.56. The Labute approximate surface area is 139 Å². The predicted molar refractivity (Wildman–Crippen MR) is 90.3 cm³/mol. The molecule has 0 N–H and O–H groups in total. The molecule has 0 aliphatic heterocycles. The lowest BCUT2D eigenvalue weighted by Gasteiger charge is -2.07. The van der Waals surface area contributed by atoms with Crippen LogP contribution in [0.25, 0.3) is 10.9 Å². The summed E-state index contributed by atoms with van der Waals surface area (Å²) in [6.07, 6.45) is 1.52. The fourth-order valence-electron chi connectivity index (χ4n) is 2.51. The number of nitrogens with zero attached hydrogens (tertiary/aromatic N) is 1. The molecule has 3 aromatic rings. The Morgan fingerprint density at radius 1 is 1.04 bits per heavy atom. The highest BCUT2D eigenvalue weighted by atomic mass is 16.5. The molecule has 0 aliphatic carbocycles. The average molecular weight is 323 g/mol. The maximum Gasteiger partial charge on any atom is 0.308 e. The van der Waals surface area contributed by atoms with Gasteiger partial charge in [0.05, 0.1) is 11.7 Å². The largest absolute Gasteiger partial charge is 0.489 e. The fourth-order valence-corrected chi connectivity index (χ4v) is 2.51. The van der Waals surface area contributed by atoms with Crippen molar-refractivity contribution in [1.82, 2.24) is 4.57 Å². The van der Waals surface area contributed by atoms with E-state index in [0.29, 0.717) is 29.0 Å². The fraction of sp³-hybridized carbons (Fsp3) is 0.158. The first-order chi connectivity index (χ1) is 11.5. The molecule has 122 valence electrons. The Morgan fingerprint density at radius 3 is 2.46 bits per heavy atom. The monoisotopic (exact) mass is 323 g/mol. The second-order valence-corrected chi connectivity index (χ2v) is 5.43. The number of rotatable bonds is 4. The van der Waals surface area contributed by atoms with E-state index in [-0.39, 0.29) is 5.91 Å². The van der Waals surface area contributed by atoms with Crippen molar-refractivity contribution < 1.29 is 19.1 Å². The Kier molecular flexibility index (Phi) is 4.33. The van der Waals surface area contributed by atoms with E-state index in [9.17, 15) is 9.59 Å². The lowest BCUT2D eigenvalue weighted by atomic mass is 10.2. The van der Waals surface area contributed by atoms with Gasteiger partial charge in [0.2, 0.25) is 5.91 Å². The molecular weight excluding hydrogens is 306 g/mol. The zero-order valence-electron chi connectivity index (χ0n) is 13.5. The van der Waals surface area contributed by atoms with E-state index in [2.05, 4.69) is 0 Å². The van der Waals surface area contributed by atoms with Crippen molar-refractivity contribution in [3.05, 3.63) is 60.3 Å². The van der Waals surface area contributed by atoms with Crippen molar-refractivity contribution >= 4 is 22.8 Å². The van der Waals surface area contributed by atoms with Crippen LogP contribution in [0.15, 0.2) is 54.7 Å². The zero-order chi connectivity index (χ0) is 17.1. The number of benzene rings is 2. The molecule has 0 saturated heterocycles. The van der Waals surface area contributed by atoms with E-state index in [0.717, 1.165) is 5.56 Å². The maximum absolute atomic E-state index is 11.7. The van der Waals surface area contributed by atoms with Gasteiger partial charge in [-0.3, -0.25) is 14.2 Å². The SMILES string of the molecule is CC(=O)Oc1cn(C(C)=O)c2ccc(OCc3ccccc3)cc12. The van der Waals surface area contributed by atoms with Crippen molar-refractivity contribution in [3.8, 4) is 11.5 Å². The first kappa shape index (κ1) is 15.8. The number of fused-ring (bicyclic) bond motifs is 1. The van der Waals surface area contributed by atoms with Crippen LogP contribution in [-0.2, 0) is 11.4 Å². The van der Waals surface area contributed by atoms with Gasteiger partial charge in [-0.25, -0.2) is 0 Å². The number of hydrogen-bond donors (Lipinski definition) is 0. The molecule has 2 aromatic carbocycles. The van der Waals surface area contributed by atoms with Crippen LogP contribution in [-0.4, -0.2) is 16.4 Å². The molecule has 1 heterocycles. The zero-order valence-corrected chi connectivity index (χ0v) is 13.5. The number of aromatic nitrogens is 1. The van der Waals surface area contributed by atoms with Crippen LogP contribution in [0.1, 0.15) is 24.2 Å². The minimum Gasteiger partial charge on any atom is -0.489 e. The van der Waals surface area contributed by atoms with Crippen LogP contribution in [0, 0.1) is 0 Å². The number of esters is 1. The summed E-state index contributed by atoms with van der Waals surface area (Å²) in [5.41, 5.74) is 1.73. The minimum atomic E-state index is -0.437. The van der Waals surface area contributed by atoms with Gasteiger partial charge in [-0.2, -0.15) is 0 Å². The Balaban J connectivity index is 1.93. The highest BCUT2D eigenvalue weighted by molar-refractivity contribution is 5.97. The normalized spacial score (nSPS) is 10.6. The van der Waals surface area contributed by atoms with Crippen LogP contribution in [0.2, 0.25) is 0 Å². The Bertz CT molecular complexity index is 896. The molecule has 0 fully saturated rings. The molecule has 24 heavy (non-hydrogen) atoms. The summed E-state index contributed by atoms with van der Waals surface area (Å²) in [5, 5.41) is 0.658. The first-order valence-corrected chi connectivity index (χ1v) is 7.56. The van der Waals surface area contributed by atoms with Gasteiger partial charge in [-0.1, -0.05) is 30.3 Å². The summed E-state index contributed by atoms with van der Waals surface area (Å²) in [7, 11) is 0. The molecule has 0 unspecified atom stereocenters. The summed E-state index contributed by atoms with van der Waals surface area (Å²) < 4.78 is 12.5. The van der Waals surface area contributed by atoms with Crippen LogP contribution in [0.3, 0.4) is 0 Å². The van der Waals surface area contributed by atoms with E-state index in [1.165, 1.54) is 24.6 Å². The van der Waals surface area contributed by atoms with E-state index in [4.69, 9.17) is 9.47 Å². The minimum absolute atomic E-state index is 0.156. The molecule has 0 saturated carbocycles. The molecule has 0 atom stereocenters. The van der Waals surface area contributed by atoms with Crippen molar-refractivity contribution in [2.24, 2.45) is 0 Å². The van der Waals surface area contributed by atoms with Gasteiger partial charge in [-0.05, 0) is 23.8 Å². The highest BCUT2D eigenvalue weighted by Crippen LogP contribution is 2.32. The van der Waals surface area contributed by atoms with Crippen molar-refractivity contribution in [2.45, 2.75) is 20.5 Å². The third-order valence-corrected chi connectivity index (χ3v) is 3.58. The molecule has 5 nitrogen and oxygen atoms in total. The van der Waals surface area contributed by atoms with E-state index in [1.807, 2.05) is 30.3 Å². The highest BCUT2D eigenvalue weighted by Gasteiger charge is 2.14. The smallest absolute Gasteiger partial charge is 0.308 e. The summed E-state index contributed by atoms with van der Waals surface area (Å²) in [4.78, 5) is 23.0. The quantitative estimate of drug-likeness (QED) is 0.685. The summed E-state index contributed by atoms with van der Waals surface area (Å²) in [5.74, 6) is 0.392. The summed E-state index contributed by atoms with van der Waals surface area (Å²) in [6, 6.07) is 15.2. The summed E-state index contributed by atoms with van der Waals surface area (Å²) >= 11 is 0. The topological polar surface area (TPSA) is 57.5 Å². The number of hydrogen-bond acceptors (Lipinski definition) is 4. The maximum atomic E-state index is 11.7. The second-order valence-electron chi connectivity index (χ2n) is 5.43. The molecular formula is C19H17NO4. The molecule has 5 heteroatoms. The van der Waals surface area contributed by atoms with Gasteiger partial charge in [0, 0.05) is 19.2 Å². The van der Waals surface area contributed by atoms with Gasteiger partial charge >= 0.3 is 5.97 Å². The summed E-state index contributed by atoms with van der Waals surface area (Å²) in [6.45, 7) is 3.21. The predicted octanol–water partition coefficient (Wildman–Crippen LogP) is 3.81. The third-order valence-electron chi connectivity index (χ3n) is 3.58. The van der Waals surface area contributed by atoms with Crippen molar-refractivity contribution in [3.63, 3.8) is 0 Å². The Morgan fingerprint density at radius 2 is 1.79 bits per heavy atom.